The van der Waals surface area contributed by atoms with Crippen LogP contribution in [-0.2, 0) is 4.79 Å². The Morgan fingerprint density at radius 1 is 2.00 bits per heavy atom. The van der Waals surface area contributed by atoms with Gasteiger partial charge in [0.1, 0.15) is 0 Å². The maximum absolute atomic E-state index is 9.77. The Kier molecular flexibility index (Phi) is 2.20. The minimum atomic E-state index is -0.491. The molecule has 0 aromatic heterocycles. The van der Waals surface area contributed by atoms with Crippen LogP contribution in [0.2, 0.25) is 0 Å². The van der Waals surface area contributed by atoms with Crippen molar-refractivity contribution in [1.29, 1.82) is 5.53 Å². The SMILES string of the molecule is C[CH]C(=O)N=N. The van der Waals surface area contributed by atoms with Gasteiger partial charge in [0.05, 0.1) is 6.42 Å². The van der Waals surface area contributed by atoms with E-state index in [4.69, 9.17) is 5.53 Å². The third kappa shape index (κ3) is 1.58. The number of hydrogen-bond donors (Lipinski definition) is 1. The zero-order chi connectivity index (χ0) is 4.99. The summed E-state index contributed by atoms with van der Waals surface area (Å²) in [5.74, 6) is -0.491. The highest BCUT2D eigenvalue weighted by Gasteiger charge is 1.86. The molecule has 0 bridgehead atoms. The average Bonchev–Trinajstić information content (AvgIpc) is 1.65. The summed E-state index contributed by atoms with van der Waals surface area (Å²) in [6.07, 6.45) is 1.23. The van der Waals surface area contributed by atoms with Crippen LogP contribution >= 0.6 is 0 Å². The van der Waals surface area contributed by atoms with Gasteiger partial charge in [0, 0.05) is 0 Å². The van der Waals surface area contributed by atoms with Gasteiger partial charge in [-0.15, -0.1) is 5.11 Å². The minimum absolute atomic E-state index is 0.491. The summed E-state index contributed by atoms with van der Waals surface area (Å²) in [4.78, 5) is 9.77. The first-order valence-electron chi connectivity index (χ1n) is 1.52. The lowest BCUT2D eigenvalue weighted by Gasteiger charge is -1.72. The third-order valence-corrected chi connectivity index (χ3v) is 0.357. The van der Waals surface area contributed by atoms with Gasteiger partial charge in [-0.05, 0) is 0 Å². The van der Waals surface area contributed by atoms with Gasteiger partial charge in [-0.2, -0.15) is 0 Å². The number of carbonyl (C=O) groups is 1. The van der Waals surface area contributed by atoms with Gasteiger partial charge in [0.25, 0.3) is 5.91 Å². The topological polar surface area (TPSA) is 53.3 Å². The lowest BCUT2D eigenvalue weighted by atomic mass is 10.5. The van der Waals surface area contributed by atoms with Crippen LogP contribution in [0.5, 0.6) is 0 Å². The molecule has 0 fully saturated rings. The molecule has 1 amide bonds. The van der Waals surface area contributed by atoms with E-state index in [0.717, 1.165) is 0 Å². The van der Waals surface area contributed by atoms with Crippen LogP contribution in [-0.4, -0.2) is 5.91 Å². The molecule has 33 valence electrons. The number of nitrogens with zero attached hydrogens (tertiary/aromatic N) is 1. The summed E-state index contributed by atoms with van der Waals surface area (Å²) in [5.41, 5.74) is 6.05. The van der Waals surface area contributed by atoms with Gasteiger partial charge in [0.2, 0.25) is 0 Å². The number of carbonyl (C=O) groups excluding carboxylic acids is 1. The molecule has 0 saturated heterocycles. The van der Waals surface area contributed by atoms with E-state index in [0.29, 0.717) is 0 Å². The number of hydrogen-bond acceptors (Lipinski definition) is 2. The van der Waals surface area contributed by atoms with Crippen LogP contribution in [0.3, 0.4) is 0 Å². The smallest absolute Gasteiger partial charge is 0.267 e. The Morgan fingerprint density at radius 2 is 2.50 bits per heavy atom. The lowest BCUT2D eigenvalue weighted by Crippen LogP contribution is -1.84. The normalized spacial score (nSPS) is 7.50. The summed E-state index contributed by atoms with van der Waals surface area (Å²) in [6.45, 7) is 1.54. The molecule has 0 aromatic carbocycles. The Bertz CT molecular complexity index is 69.2. The van der Waals surface area contributed by atoms with Crippen molar-refractivity contribution < 1.29 is 4.79 Å². The predicted octanol–water partition coefficient (Wildman–Crippen LogP) is 0.768. The molecule has 0 aliphatic heterocycles. The zero-order valence-corrected chi connectivity index (χ0v) is 3.43. The molecule has 0 aliphatic carbocycles. The van der Waals surface area contributed by atoms with Crippen molar-refractivity contribution >= 4 is 5.91 Å². The van der Waals surface area contributed by atoms with Crippen LogP contribution < -0.4 is 0 Å². The Balaban J connectivity index is 3.23. The fourth-order valence-electron chi connectivity index (χ4n) is 0.0645. The van der Waals surface area contributed by atoms with E-state index in [2.05, 4.69) is 5.11 Å². The molecule has 0 rings (SSSR count). The summed E-state index contributed by atoms with van der Waals surface area (Å²) < 4.78 is 0. The first kappa shape index (κ1) is 5.27. The van der Waals surface area contributed by atoms with Gasteiger partial charge in [-0.1, -0.05) is 6.92 Å². The van der Waals surface area contributed by atoms with Gasteiger partial charge >= 0.3 is 0 Å². The summed E-state index contributed by atoms with van der Waals surface area (Å²) in [5, 5.41) is 2.56. The van der Waals surface area contributed by atoms with E-state index in [1.54, 1.807) is 6.92 Å². The highest BCUT2D eigenvalue weighted by molar-refractivity contribution is 5.83. The van der Waals surface area contributed by atoms with Crippen LogP contribution in [0.4, 0.5) is 0 Å². The zero-order valence-electron chi connectivity index (χ0n) is 3.43. The molecule has 0 atom stereocenters. The standard InChI is InChI=1S/C3H5N2O/c1-2-3(6)5-4/h2,4H,1H3. The van der Waals surface area contributed by atoms with Crippen LogP contribution in [0.25, 0.3) is 0 Å². The molecule has 0 saturated carbocycles. The molecule has 0 spiro atoms. The molecule has 0 heterocycles. The van der Waals surface area contributed by atoms with E-state index in [1.165, 1.54) is 6.42 Å². The molecule has 0 aromatic rings. The summed E-state index contributed by atoms with van der Waals surface area (Å²) >= 11 is 0. The highest BCUT2D eigenvalue weighted by Crippen LogP contribution is 1.75. The van der Waals surface area contributed by atoms with Gasteiger partial charge in [-0.3, -0.25) is 4.79 Å². The second-order valence-electron chi connectivity index (χ2n) is 0.739. The number of nitrogens with one attached hydrogen (secondary N) is 1. The van der Waals surface area contributed by atoms with Crippen molar-refractivity contribution in [3.8, 4) is 0 Å². The van der Waals surface area contributed by atoms with Crippen molar-refractivity contribution in [2.45, 2.75) is 6.92 Å². The molecule has 1 N–H and O–H groups in total. The van der Waals surface area contributed by atoms with E-state index >= 15 is 0 Å². The molecule has 0 unspecified atom stereocenters. The maximum Gasteiger partial charge on any atom is 0.267 e. The van der Waals surface area contributed by atoms with E-state index in [9.17, 15) is 4.79 Å². The monoisotopic (exact) mass is 85.0 g/mol. The average molecular weight is 85.1 g/mol. The Hall–Kier alpha value is -0.730. The second-order valence-corrected chi connectivity index (χ2v) is 0.739. The first-order chi connectivity index (χ1) is 2.81. The fourth-order valence-corrected chi connectivity index (χ4v) is 0.0645. The molecule has 1 radical (unpaired) electrons. The van der Waals surface area contributed by atoms with Crippen molar-refractivity contribution in [2.24, 2.45) is 5.11 Å². The predicted molar refractivity (Wildman–Crippen MR) is 20.1 cm³/mol. The molecule has 6 heavy (non-hydrogen) atoms. The van der Waals surface area contributed by atoms with Crippen molar-refractivity contribution in [3.05, 3.63) is 6.42 Å². The molecular weight excluding hydrogens is 80.0 g/mol. The minimum Gasteiger partial charge on any atom is -0.271 e. The fraction of sp³-hybridized carbons (Fsp3) is 0.333. The van der Waals surface area contributed by atoms with Crippen molar-refractivity contribution in [1.82, 2.24) is 0 Å². The third-order valence-electron chi connectivity index (χ3n) is 0.357. The lowest BCUT2D eigenvalue weighted by molar-refractivity contribution is -0.115. The molecule has 3 heteroatoms. The van der Waals surface area contributed by atoms with Gasteiger partial charge in [0.15, 0.2) is 0 Å². The van der Waals surface area contributed by atoms with Crippen molar-refractivity contribution in [2.75, 3.05) is 0 Å². The van der Waals surface area contributed by atoms with Crippen LogP contribution in [0, 0.1) is 12.0 Å². The number of rotatable bonds is 1. The van der Waals surface area contributed by atoms with Crippen LogP contribution in [0.15, 0.2) is 5.11 Å². The van der Waals surface area contributed by atoms with E-state index in [-0.39, 0.29) is 0 Å². The van der Waals surface area contributed by atoms with Gasteiger partial charge < -0.3 is 0 Å². The molecular formula is C3H5N2O. The summed E-state index contributed by atoms with van der Waals surface area (Å²) in [6, 6.07) is 0. The quantitative estimate of drug-likeness (QED) is 0.470. The Labute approximate surface area is 35.9 Å². The maximum atomic E-state index is 9.77. The second kappa shape index (κ2) is 2.50. The largest absolute Gasteiger partial charge is 0.271 e. The van der Waals surface area contributed by atoms with E-state index in [1.807, 2.05) is 0 Å². The number of amides is 1. The first-order valence-corrected chi connectivity index (χ1v) is 1.52. The Morgan fingerprint density at radius 3 is 2.50 bits per heavy atom. The highest BCUT2D eigenvalue weighted by atomic mass is 16.1. The summed E-state index contributed by atoms with van der Waals surface area (Å²) in [7, 11) is 0. The van der Waals surface area contributed by atoms with Crippen LogP contribution in [0.1, 0.15) is 6.92 Å². The van der Waals surface area contributed by atoms with Gasteiger partial charge in [-0.25, -0.2) is 5.53 Å². The van der Waals surface area contributed by atoms with E-state index < -0.39 is 5.91 Å². The molecule has 3 nitrogen and oxygen atoms in total. The molecule has 0 aliphatic rings. The van der Waals surface area contributed by atoms with Crippen molar-refractivity contribution in [3.63, 3.8) is 0 Å².